The minimum absolute atomic E-state index is 0.265. The minimum atomic E-state index is -0.371. The molecule has 0 saturated carbocycles. The second-order valence-corrected chi connectivity index (χ2v) is 16.1. The maximum Gasteiger partial charge on any atom is 0.0894 e. The molecule has 0 saturated heterocycles. The van der Waals surface area contributed by atoms with Gasteiger partial charge in [-0.3, -0.25) is 22.0 Å². The van der Waals surface area contributed by atoms with Crippen LogP contribution in [0.4, 0.5) is 22.0 Å². The molecule has 6 rings (SSSR count). The summed E-state index contributed by atoms with van der Waals surface area (Å²) in [6.07, 6.45) is 9.50. The predicted molar refractivity (Wildman–Crippen MR) is 243 cm³/mol. The lowest BCUT2D eigenvalue weighted by Crippen LogP contribution is -2.10. The van der Waals surface area contributed by atoms with E-state index in [1.807, 2.05) is 0 Å². The molecule has 60 heavy (non-hydrogen) atoms. The van der Waals surface area contributed by atoms with Gasteiger partial charge in [-0.05, 0) is 174 Å². The van der Waals surface area contributed by atoms with Crippen molar-refractivity contribution in [1.82, 2.24) is 0 Å². The van der Waals surface area contributed by atoms with Crippen LogP contribution in [0.3, 0.4) is 0 Å². The topological polar surface area (TPSA) is 0 Å². The van der Waals surface area contributed by atoms with Gasteiger partial charge >= 0.3 is 0 Å². The molecule has 0 radical (unpaired) electrons. The lowest BCUT2D eigenvalue weighted by molar-refractivity contribution is 0.461. The fourth-order valence-electron chi connectivity index (χ4n) is 9.21. The Balaban J connectivity index is 1.81. The molecule has 0 bridgehead atoms. The fourth-order valence-corrected chi connectivity index (χ4v) is 9.21. The summed E-state index contributed by atoms with van der Waals surface area (Å²) in [6, 6.07) is 42.9. The van der Waals surface area contributed by atoms with Crippen LogP contribution in [0.25, 0.3) is 22.3 Å². The number of aryl methyl sites for hydroxylation is 5. The van der Waals surface area contributed by atoms with E-state index in [1.54, 1.807) is 0 Å². The van der Waals surface area contributed by atoms with Crippen molar-refractivity contribution in [2.45, 2.75) is 102 Å². The largest absolute Gasteiger partial charge is 0.251 e. The van der Waals surface area contributed by atoms with E-state index in [0.717, 1.165) is 67.6 Å². The highest BCUT2D eigenvalue weighted by molar-refractivity contribution is 6.30. The van der Waals surface area contributed by atoms with Crippen molar-refractivity contribution in [2.75, 3.05) is 33.4 Å². The van der Waals surface area contributed by atoms with E-state index in [2.05, 4.69) is 121 Å². The van der Waals surface area contributed by atoms with E-state index in [1.165, 1.54) is 16.7 Å². The van der Waals surface area contributed by atoms with Crippen molar-refractivity contribution in [2.24, 2.45) is 0 Å². The molecule has 1 aliphatic carbocycles. The number of benzene rings is 5. The van der Waals surface area contributed by atoms with Gasteiger partial charge in [-0.15, -0.1) is 0 Å². The summed E-state index contributed by atoms with van der Waals surface area (Å²) < 4.78 is 68.4. The quantitative estimate of drug-likeness (QED) is 0.0407. The van der Waals surface area contributed by atoms with Crippen molar-refractivity contribution in [3.8, 4) is 0 Å². The Morgan fingerprint density at radius 2 is 0.550 bits per heavy atom. The van der Waals surface area contributed by atoms with E-state index in [0.29, 0.717) is 89.9 Å². The van der Waals surface area contributed by atoms with Gasteiger partial charge in [-0.1, -0.05) is 121 Å². The molecule has 0 unspecified atom stereocenters. The van der Waals surface area contributed by atoms with Gasteiger partial charge in [-0.25, -0.2) is 0 Å². The molecule has 0 fully saturated rings. The SMILES string of the molecule is FCCCCc1ccccc1C1=C(c2ccccc2CCCCF)C(c2ccccc2CCCCF)C(c2ccccc2CCCCF)=C1c1ccccc1CCCCF. The summed E-state index contributed by atoms with van der Waals surface area (Å²) in [4.78, 5) is 0. The Morgan fingerprint density at radius 3 is 0.900 bits per heavy atom. The molecule has 5 heteroatoms. The van der Waals surface area contributed by atoms with Gasteiger partial charge in [0.1, 0.15) is 0 Å². The van der Waals surface area contributed by atoms with E-state index >= 15 is 0 Å². The second kappa shape index (κ2) is 23.9. The zero-order valence-electron chi connectivity index (χ0n) is 35.2. The van der Waals surface area contributed by atoms with E-state index < -0.39 is 0 Å². The Hall–Kier alpha value is -4.77. The Morgan fingerprint density at radius 1 is 0.283 bits per heavy atom. The lowest BCUT2D eigenvalue weighted by Gasteiger charge is -2.27. The van der Waals surface area contributed by atoms with Gasteiger partial charge in [0, 0.05) is 5.92 Å². The highest BCUT2D eigenvalue weighted by Crippen LogP contribution is 2.61. The molecule has 5 aromatic carbocycles. The Bertz CT molecular complexity index is 2040. The van der Waals surface area contributed by atoms with Gasteiger partial charge in [0.05, 0.1) is 33.4 Å². The predicted octanol–water partition coefficient (Wildman–Crippen LogP) is 15.5. The van der Waals surface area contributed by atoms with Crippen molar-refractivity contribution in [3.63, 3.8) is 0 Å². The Kier molecular flexibility index (Phi) is 17.8. The summed E-state index contributed by atoms with van der Waals surface area (Å²) in [5, 5.41) is 0. The summed E-state index contributed by atoms with van der Waals surface area (Å²) in [6.45, 7) is -1.85. The second-order valence-electron chi connectivity index (χ2n) is 16.1. The molecule has 0 aromatic heterocycles. The van der Waals surface area contributed by atoms with Crippen LogP contribution in [0, 0.1) is 0 Å². The number of rotatable bonds is 25. The molecule has 5 aromatic rings. The number of allylic oxidation sites excluding steroid dienone is 4. The summed E-state index contributed by atoms with van der Waals surface area (Å²) in [5.74, 6) is -0.265. The van der Waals surface area contributed by atoms with Gasteiger partial charge in [0.2, 0.25) is 0 Å². The summed E-state index contributed by atoms with van der Waals surface area (Å²) >= 11 is 0. The Labute approximate surface area is 355 Å². The first-order valence-corrected chi connectivity index (χ1v) is 22.4. The van der Waals surface area contributed by atoms with Crippen LogP contribution >= 0.6 is 0 Å². The lowest BCUT2D eigenvalue weighted by atomic mass is 9.76. The zero-order valence-corrected chi connectivity index (χ0v) is 35.2. The molecule has 0 amide bonds. The normalized spacial score (nSPS) is 13.2. The number of hydrogen-bond acceptors (Lipinski definition) is 0. The summed E-state index contributed by atoms with van der Waals surface area (Å²) in [5.41, 5.74) is 16.0. The van der Waals surface area contributed by atoms with Crippen LogP contribution in [-0.2, 0) is 32.1 Å². The maximum atomic E-state index is 13.7. The summed E-state index contributed by atoms with van der Waals surface area (Å²) in [7, 11) is 0. The van der Waals surface area contributed by atoms with Crippen LogP contribution in [0.15, 0.2) is 121 Å². The number of unbranched alkanes of at least 4 members (excludes halogenated alkanes) is 5. The van der Waals surface area contributed by atoms with Crippen LogP contribution in [-0.4, -0.2) is 33.4 Å². The molecule has 0 N–H and O–H groups in total. The monoisotopic (exact) mass is 816 g/mol. The van der Waals surface area contributed by atoms with Gasteiger partial charge < -0.3 is 0 Å². The van der Waals surface area contributed by atoms with E-state index in [-0.39, 0.29) is 39.3 Å². The van der Waals surface area contributed by atoms with Crippen LogP contribution in [0.1, 0.15) is 126 Å². The zero-order chi connectivity index (χ0) is 41.9. The van der Waals surface area contributed by atoms with Crippen LogP contribution < -0.4 is 0 Å². The smallest absolute Gasteiger partial charge is 0.0894 e. The third-order valence-corrected chi connectivity index (χ3v) is 12.1. The molecular weight excluding hydrogens is 756 g/mol. The van der Waals surface area contributed by atoms with Gasteiger partial charge in [0.25, 0.3) is 0 Å². The molecule has 0 nitrogen and oxygen atoms in total. The molecule has 1 aliphatic rings. The molecule has 0 atom stereocenters. The first-order valence-electron chi connectivity index (χ1n) is 22.4. The average Bonchev–Trinajstić information content (AvgIpc) is 3.62. The van der Waals surface area contributed by atoms with Crippen molar-refractivity contribution < 1.29 is 22.0 Å². The molecule has 316 valence electrons. The van der Waals surface area contributed by atoms with E-state index in [9.17, 15) is 22.0 Å². The van der Waals surface area contributed by atoms with Crippen LogP contribution in [0.2, 0.25) is 0 Å². The van der Waals surface area contributed by atoms with Gasteiger partial charge in [0.15, 0.2) is 0 Å². The third-order valence-electron chi connectivity index (χ3n) is 12.1. The average molecular weight is 817 g/mol. The molecular formula is C55H61F5. The number of halogens is 5. The first-order chi connectivity index (χ1) is 29.7. The highest BCUT2D eigenvalue weighted by Gasteiger charge is 2.40. The minimum Gasteiger partial charge on any atom is -0.251 e. The maximum absolute atomic E-state index is 13.7. The van der Waals surface area contributed by atoms with E-state index in [4.69, 9.17) is 0 Å². The van der Waals surface area contributed by atoms with Crippen molar-refractivity contribution in [3.05, 3.63) is 177 Å². The fraction of sp³-hybridized carbons (Fsp3) is 0.382. The standard InChI is InChI=1S/C55H61F5/c56-36-16-11-26-41-21-1-6-31-46(41)51-52(47-32-7-2-22-42(47)27-12-17-37-57)54(49-34-9-4-24-44(49)29-14-19-39-59)55(50-35-10-5-25-45(50)30-15-20-40-60)53(51)48-33-8-3-23-43(48)28-13-18-38-58/h1-10,21-25,31-35,51H,11-20,26-30,36-40H2. The van der Waals surface area contributed by atoms with Crippen molar-refractivity contribution in [1.29, 1.82) is 0 Å². The highest BCUT2D eigenvalue weighted by atomic mass is 19.1. The molecule has 0 spiro atoms. The van der Waals surface area contributed by atoms with Gasteiger partial charge in [-0.2, -0.15) is 0 Å². The first kappa shape index (κ1) is 44.8. The number of hydrogen-bond donors (Lipinski definition) is 0. The van der Waals surface area contributed by atoms with Crippen molar-refractivity contribution >= 4 is 22.3 Å². The third kappa shape index (κ3) is 10.9. The van der Waals surface area contributed by atoms with Crippen LogP contribution in [0.5, 0.6) is 0 Å². The molecule has 0 heterocycles. The molecule has 0 aliphatic heterocycles. The number of alkyl halides is 5.